The third-order valence-corrected chi connectivity index (χ3v) is 3.48. The van der Waals surface area contributed by atoms with Crippen LogP contribution in [0.25, 0.3) is 0 Å². The molecule has 1 aromatic rings. The summed E-state index contributed by atoms with van der Waals surface area (Å²) in [6, 6.07) is 1.45. The molecule has 4 nitrogen and oxygen atoms in total. The topological polar surface area (TPSA) is 62.8 Å². The summed E-state index contributed by atoms with van der Waals surface area (Å²) in [6.07, 6.45) is 1.43. The van der Waals surface area contributed by atoms with Gasteiger partial charge < -0.3 is 0 Å². The average molecular weight is 174 g/mol. The maximum atomic E-state index is 11.3. The molecule has 0 aliphatic heterocycles. The molecule has 5 heteroatoms. The van der Waals surface area contributed by atoms with Crippen molar-refractivity contribution in [3.63, 3.8) is 0 Å². The SMILES string of the molecule is CC(C)S(=O)(=O)c1ccn[nH]1. The lowest BCUT2D eigenvalue weighted by Crippen LogP contribution is -2.14. The summed E-state index contributed by atoms with van der Waals surface area (Å²) in [5.74, 6) is 0. The molecule has 0 aliphatic rings. The predicted molar refractivity (Wildman–Crippen MR) is 40.9 cm³/mol. The number of aromatic amines is 1. The van der Waals surface area contributed by atoms with Gasteiger partial charge in [-0.1, -0.05) is 0 Å². The molecule has 11 heavy (non-hydrogen) atoms. The van der Waals surface area contributed by atoms with Crippen LogP contribution in [0.1, 0.15) is 13.8 Å². The van der Waals surface area contributed by atoms with Gasteiger partial charge in [-0.3, -0.25) is 5.10 Å². The molecule has 0 amide bonds. The highest BCUT2D eigenvalue weighted by molar-refractivity contribution is 7.91. The van der Waals surface area contributed by atoms with Crippen LogP contribution in [0.5, 0.6) is 0 Å². The van der Waals surface area contributed by atoms with Crippen LogP contribution in [0.3, 0.4) is 0 Å². The van der Waals surface area contributed by atoms with Crippen molar-refractivity contribution in [1.82, 2.24) is 10.2 Å². The lowest BCUT2D eigenvalue weighted by atomic mass is 10.6. The number of aromatic nitrogens is 2. The molecule has 0 aliphatic carbocycles. The zero-order valence-corrected chi connectivity index (χ0v) is 7.22. The molecule has 1 N–H and O–H groups in total. The first-order valence-corrected chi connectivity index (χ1v) is 4.83. The van der Waals surface area contributed by atoms with Crippen LogP contribution in [-0.4, -0.2) is 23.9 Å². The highest BCUT2D eigenvalue weighted by Crippen LogP contribution is 2.10. The summed E-state index contributed by atoms with van der Waals surface area (Å²) in [7, 11) is -3.15. The molecule has 0 saturated carbocycles. The number of nitrogens with zero attached hydrogens (tertiary/aromatic N) is 1. The van der Waals surface area contributed by atoms with Crippen molar-refractivity contribution in [2.75, 3.05) is 0 Å². The smallest absolute Gasteiger partial charge is 0.197 e. The summed E-state index contributed by atoms with van der Waals surface area (Å²) < 4.78 is 22.6. The van der Waals surface area contributed by atoms with Crippen molar-refractivity contribution in [3.05, 3.63) is 12.3 Å². The maximum Gasteiger partial charge on any atom is 0.197 e. The van der Waals surface area contributed by atoms with Crippen LogP contribution in [-0.2, 0) is 9.84 Å². The van der Waals surface area contributed by atoms with E-state index in [1.807, 2.05) is 0 Å². The van der Waals surface area contributed by atoms with Gasteiger partial charge in [0.05, 0.1) is 11.4 Å². The van der Waals surface area contributed by atoms with E-state index in [0.29, 0.717) is 0 Å². The van der Waals surface area contributed by atoms with Crippen LogP contribution in [0, 0.1) is 0 Å². The van der Waals surface area contributed by atoms with Crippen LogP contribution in [0.15, 0.2) is 17.3 Å². The molecule has 0 spiro atoms. The van der Waals surface area contributed by atoms with E-state index < -0.39 is 15.1 Å². The number of hydrogen-bond donors (Lipinski definition) is 1. The summed E-state index contributed by atoms with van der Waals surface area (Å²) >= 11 is 0. The maximum absolute atomic E-state index is 11.3. The fraction of sp³-hybridized carbons (Fsp3) is 0.500. The fourth-order valence-electron chi connectivity index (χ4n) is 0.656. The van der Waals surface area contributed by atoms with E-state index >= 15 is 0 Å². The van der Waals surface area contributed by atoms with E-state index in [2.05, 4.69) is 10.2 Å². The number of rotatable bonds is 2. The molecule has 0 unspecified atom stereocenters. The molecular formula is C6H10N2O2S. The van der Waals surface area contributed by atoms with Gasteiger partial charge in [0.15, 0.2) is 14.9 Å². The Morgan fingerprint density at radius 3 is 2.55 bits per heavy atom. The van der Waals surface area contributed by atoms with Gasteiger partial charge in [0, 0.05) is 0 Å². The molecule has 0 radical (unpaired) electrons. The summed E-state index contributed by atoms with van der Waals surface area (Å²) in [4.78, 5) is 0. The fourth-order valence-corrected chi connectivity index (χ4v) is 1.59. The zero-order chi connectivity index (χ0) is 8.48. The molecule has 1 heterocycles. The van der Waals surface area contributed by atoms with Gasteiger partial charge >= 0.3 is 0 Å². The number of nitrogens with one attached hydrogen (secondary N) is 1. The molecule has 62 valence electrons. The van der Waals surface area contributed by atoms with E-state index in [9.17, 15) is 8.42 Å². The summed E-state index contributed by atoms with van der Waals surface area (Å²) in [6.45, 7) is 3.27. The molecular weight excluding hydrogens is 164 g/mol. The van der Waals surface area contributed by atoms with Crippen LogP contribution < -0.4 is 0 Å². The molecule has 0 saturated heterocycles. The van der Waals surface area contributed by atoms with Gasteiger partial charge in [0.25, 0.3) is 0 Å². The van der Waals surface area contributed by atoms with E-state index in [1.165, 1.54) is 12.3 Å². The Bertz CT molecular complexity index is 312. The number of H-pyrrole nitrogens is 1. The lowest BCUT2D eigenvalue weighted by molar-refractivity contribution is 0.583. The average Bonchev–Trinajstić information content (AvgIpc) is 2.37. The highest BCUT2D eigenvalue weighted by atomic mass is 32.2. The van der Waals surface area contributed by atoms with Crippen LogP contribution in [0.4, 0.5) is 0 Å². The van der Waals surface area contributed by atoms with E-state index in [1.54, 1.807) is 13.8 Å². The first-order valence-electron chi connectivity index (χ1n) is 3.28. The van der Waals surface area contributed by atoms with Crippen molar-refractivity contribution >= 4 is 9.84 Å². The van der Waals surface area contributed by atoms with Gasteiger partial charge in [-0.15, -0.1) is 0 Å². The normalized spacial score (nSPS) is 12.3. The second kappa shape index (κ2) is 2.65. The second-order valence-corrected chi connectivity index (χ2v) is 4.99. The highest BCUT2D eigenvalue weighted by Gasteiger charge is 2.19. The van der Waals surface area contributed by atoms with Gasteiger partial charge in [-0.25, -0.2) is 8.42 Å². The largest absolute Gasteiger partial charge is 0.267 e. The predicted octanol–water partition coefficient (Wildman–Crippen LogP) is 0.592. The van der Waals surface area contributed by atoms with Gasteiger partial charge in [-0.05, 0) is 19.9 Å². The Kier molecular flexibility index (Phi) is 1.99. The standard InChI is InChI=1S/C6H10N2O2S/c1-5(2)11(9,10)6-3-4-7-8-6/h3-5H,1-2H3,(H,7,8). The third-order valence-electron chi connectivity index (χ3n) is 1.40. The van der Waals surface area contributed by atoms with Gasteiger partial charge in [0.1, 0.15) is 0 Å². The van der Waals surface area contributed by atoms with E-state index in [4.69, 9.17) is 0 Å². The van der Waals surface area contributed by atoms with Crippen molar-refractivity contribution in [3.8, 4) is 0 Å². The Morgan fingerprint density at radius 2 is 2.18 bits per heavy atom. The van der Waals surface area contributed by atoms with Gasteiger partial charge in [-0.2, -0.15) is 5.10 Å². The van der Waals surface area contributed by atoms with Crippen molar-refractivity contribution in [2.45, 2.75) is 24.1 Å². The van der Waals surface area contributed by atoms with E-state index in [-0.39, 0.29) is 5.03 Å². The Morgan fingerprint density at radius 1 is 1.55 bits per heavy atom. The first-order chi connectivity index (χ1) is 5.05. The molecule has 0 aromatic carbocycles. The van der Waals surface area contributed by atoms with Crippen LogP contribution >= 0.6 is 0 Å². The van der Waals surface area contributed by atoms with Gasteiger partial charge in [0.2, 0.25) is 0 Å². The Hall–Kier alpha value is -0.840. The molecule has 1 rings (SSSR count). The molecule has 0 bridgehead atoms. The van der Waals surface area contributed by atoms with Crippen LogP contribution in [0.2, 0.25) is 0 Å². The zero-order valence-electron chi connectivity index (χ0n) is 6.40. The van der Waals surface area contributed by atoms with Crippen molar-refractivity contribution in [1.29, 1.82) is 0 Å². The Balaban J connectivity index is 3.12. The molecule has 0 fully saturated rings. The number of hydrogen-bond acceptors (Lipinski definition) is 3. The minimum atomic E-state index is -3.15. The third kappa shape index (κ3) is 1.42. The Labute approximate surface area is 65.5 Å². The van der Waals surface area contributed by atoms with Crippen molar-refractivity contribution in [2.24, 2.45) is 0 Å². The van der Waals surface area contributed by atoms with Crippen molar-refractivity contribution < 1.29 is 8.42 Å². The summed E-state index contributed by atoms with van der Waals surface area (Å²) in [5, 5.41) is 5.77. The van der Waals surface area contributed by atoms with E-state index in [0.717, 1.165) is 0 Å². The minimum absolute atomic E-state index is 0.188. The molecule has 0 atom stereocenters. The second-order valence-electron chi connectivity index (χ2n) is 2.51. The number of sulfone groups is 1. The molecule has 1 aromatic heterocycles. The lowest BCUT2D eigenvalue weighted by Gasteiger charge is -2.02. The quantitative estimate of drug-likeness (QED) is 0.713. The minimum Gasteiger partial charge on any atom is -0.267 e. The first kappa shape index (κ1) is 8.26. The summed E-state index contributed by atoms with van der Waals surface area (Å²) in [5.41, 5.74) is 0. The monoisotopic (exact) mass is 174 g/mol.